The van der Waals surface area contributed by atoms with Gasteiger partial charge in [-0.3, -0.25) is 4.90 Å². The van der Waals surface area contributed by atoms with Gasteiger partial charge in [0.25, 0.3) is 0 Å². The van der Waals surface area contributed by atoms with E-state index in [-0.39, 0.29) is 0 Å². The summed E-state index contributed by atoms with van der Waals surface area (Å²) >= 11 is 0. The van der Waals surface area contributed by atoms with Crippen LogP contribution in [0.2, 0.25) is 0 Å². The summed E-state index contributed by atoms with van der Waals surface area (Å²) in [6, 6.07) is 10.6. The van der Waals surface area contributed by atoms with Gasteiger partial charge < -0.3 is 11.1 Å². The van der Waals surface area contributed by atoms with Crippen LogP contribution in [0.15, 0.2) is 36.5 Å². The molecular formula is C18H27N5. The van der Waals surface area contributed by atoms with E-state index in [0.717, 1.165) is 24.5 Å². The van der Waals surface area contributed by atoms with Gasteiger partial charge in [0.15, 0.2) is 5.82 Å². The molecule has 0 aliphatic carbocycles. The van der Waals surface area contributed by atoms with E-state index < -0.39 is 0 Å². The molecule has 0 bridgehead atoms. The van der Waals surface area contributed by atoms with E-state index >= 15 is 0 Å². The molecule has 0 radical (unpaired) electrons. The monoisotopic (exact) mass is 313 g/mol. The molecule has 0 spiro atoms. The smallest absolute Gasteiger partial charge is 0.161 e. The minimum absolute atomic E-state index is 0.532. The number of anilines is 2. The van der Waals surface area contributed by atoms with Crippen LogP contribution in [0.3, 0.4) is 0 Å². The second kappa shape index (κ2) is 7.92. The predicted octanol–water partition coefficient (Wildman–Crippen LogP) is 3.26. The Kier molecular flexibility index (Phi) is 5.93. The fourth-order valence-corrected chi connectivity index (χ4v) is 2.70. The van der Waals surface area contributed by atoms with Crippen molar-refractivity contribution in [3.8, 4) is 11.4 Å². The van der Waals surface area contributed by atoms with Gasteiger partial charge in [-0.1, -0.05) is 12.1 Å². The SMILES string of the molecule is CC(C)N(CCNc1ccnc(-c2cccc(N)c2)n1)C(C)C. The van der Waals surface area contributed by atoms with E-state index in [4.69, 9.17) is 5.73 Å². The lowest BCUT2D eigenvalue weighted by molar-refractivity contribution is 0.182. The summed E-state index contributed by atoms with van der Waals surface area (Å²) in [6.45, 7) is 10.7. The van der Waals surface area contributed by atoms with Crippen LogP contribution < -0.4 is 11.1 Å². The van der Waals surface area contributed by atoms with Gasteiger partial charge in [-0.05, 0) is 45.9 Å². The van der Waals surface area contributed by atoms with Crippen molar-refractivity contribution in [2.45, 2.75) is 39.8 Å². The molecule has 0 saturated carbocycles. The fourth-order valence-electron chi connectivity index (χ4n) is 2.70. The highest BCUT2D eigenvalue weighted by Crippen LogP contribution is 2.18. The average molecular weight is 313 g/mol. The molecule has 0 amide bonds. The molecule has 2 aromatic rings. The summed E-state index contributed by atoms with van der Waals surface area (Å²) in [4.78, 5) is 11.4. The zero-order chi connectivity index (χ0) is 16.8. The maximum absolute atomic E-state index is 5.83. The topological polar surface area (TPSA) is 67.1 Å². The van der Waals surface area contributed by atoms with Gasteiger partial charge in [0.1, 0.15) is 5.82 Å². The highest BCUT2D eigenvalue weighted by atomic mass is 15.2. The molecule has 1 aromatic heterocycles. The first kappa shape index (κ1) is 17.2. The number of rotatable bonds is 7. The minimum atomic E-state index is 0.532. The van der Waals surface area contributed by atoms with Crippen LogP contribution in [0.4, 0.5) is 11.5 Å². The molecule has 23 heavy (non-hydrogen) atoms. The zero-order valence-corrected chi connectivity index (χ0v) is 14.5. The second-order valence-corrected chi connectivity index (χ2v) is 6.24. The van der Waals surface area contributed by atoms with E-state index in [1.807, 2.05) is 30.3 Å². The summed E-state index contributed by atoms with van der Waals surface area (Å²) in [7, 11) is 0. The number of hydrogen-bond donors (Lipinski definition) is 2. The van der Waals surface area contributed by atoms with Crippen LogP contribution in [0, 0.1) is 0 Å². The van der Waals surface area contributed by atoms with E-state index in [0.29, 0.717) is 23.6 Å². The molecule has 0 atom stereocenters. The van der Waals surface area contributed by atoms with E-state index in [2.05, 4.69) is 47.9 Å². The first-order valence-corrected chi connectivity index (χ1v) is 8.16. The van der Waals surface area contributed by atoms with E-state index in [1.54, 1.807) is 6.20 Å². The van der Waals surface area contributed by atoms with Crippen molar-refractivity contribution in [1.82, 2.24) is 14.9 Å². The van der Waals surface area contributed by atoms with Gasteiger partial charge in [-0.2, -0.15) is 0 Å². The third-order valence-corrected chi connectivity index (χ3v) is 3.80. The van der Waals surface area contributed by atoms with Gasteiger partial charge in [0.05, 0.1) is 0 Å². The number of nitrogens with zero attached hydrogens (tertiary/aromatic N) is 3. The summed E-state index contributed by atoms with van der Waals surface area (Å²) < 4.78 is 0. The van der Waals surface area contributed by atoms with Crippen LogP contribution >= 0.6 is 0 Å². The van der Waals surface area contributed by atoms with Crippen molar-refractivity contribution in [2.75, 3.05) is 24.1 Å². The fraction of sp³-hybridized carbons (Fsp3) is 0.444. The molecule has 3 N–H and O–H groups in total. The Morgan fingerprint density at radius 2 is 1.87 bits per heavy atom. The van der Waals surface area contributed by atoms with Crippen LogP contribution in [0.1, 0.15) is 27.7 Å². The van der Waals surface area contributed by atoms with Crippen molar-refractivity contribution >= 4 is 11.5 Å². The Labute approximate surface area is 138 Å². The van der Waals surface area contributed by atoms with Crippen molar-refractivity contribution in [2.24, 2.45) is 0 Å². The van der Waals surface area contributed by atoms with Gasteiger partial charge in [0, 0.05) is 42.6 Å². The highest BCUT2D eigenvalue weighted by Gasteiger charge is 2.12. The molecule has 2 rings (SSSR count). The lowest BCUT2D eigenvalue weighted by atomic mass is 10.2. The molecular weight excluding hydrogens is 286 g/mol. The van der Waals surface area contributed by atoms with Crippen molar-refractivity contribution in [1.29, 1.82) is 0 Å². The van der Waals surface area contributed by atoms with Crippen LogP contribution in [0.5, 0.6) is 0 Å². The molecule has 1 aromatic carbocycles. The van der Waals surface area contributed by atoms with E-state index in [9.17, 15) is 0 Å². The quantitative estimate of drug-likeness (QED) is 0.768. The Morgan fingerprint density at radius 1 is 1.13 bits per heavy atom. The molecule has 0 fully saturated rings. The summed E-state index contributed by atoms with van der Waals surface area (Å²) in [6.07, 6.45) is 1.77. The minimum Gasteiger partial charge on any atom is -0.399 e. The molecule has 124 valence electrons. The first-order chi connectivity index (χ1) is 11.0. The largest absolute Gasteiger partial charge is 0.399 e. The van der Waals surface area contributed by atoms with Gasteiger partial charge in [-0.15, -0.1) is 0 Å². The van der Waals surface area contributed by atoms with Gasteiger partial charge in [-0.25, -0.2) is 9.97 Å². The lowest BCUT2D eigenvalue weighted by Gasteiger charge is -2.30. The highest BCUT2D eigenvalue weighted by molar-refractivity contribution is 5.62. The Morgan fingerprint density at radius 3 is 2.52 bits per heavy atom. The number of nitrogens with one attached hydrogen (secondary N) is 1. The average Bonchev–Trinajstić information content (AvgIpc) is 2.51. The Bertz CT molecular complexity index is 616. The van der Waals surface area contributed by atoms with E-state index in [1.165, 1.54) is 0 Å². The second-order valence-electron chi connectivity index (χ2n) is 6.24. The summed E-state index contributed by atoms with van der Waals surface area (Å²) in [5.41, 5.74) is 7.47. The number of nitrogen functional groups attached to an aromatic ring is 1. The molecule has 0 saturated heterocycles. The molecule has 0 aliphatic rings. The van der Waals surface area contributed by atoms with Crippen LogP contribution in [0.25, 0.3) is 11.4 Å². The maximum Gasteiger partial charge on any atom is 0.161 e. The van der Waals surface area contributed by atoms with Crippen molar-refractivity contribution < 1.29 is 0 Å². The molecule has 1 heterocycles. The normalized spacial score (nSPS) is 11.4. The number of aromatic nitrogens is 2. The van der Waals surface area contributed by atoms with Gasteiger partial charge >= 0.3 is 0 Å². The maximum atomic E-state index is 5.83. The number of benzene rings is 1. The Hall–Kier alpha value is -2.14. The summed E-state index contributed by atoms with van der Waals surface area (Å²) in [5.74, 6) is 1.52. The number of nitrogens with two attached hydrogens (primary N) is 1. The first-order valence-electron chi connectivity index (χ1n) is 8.16. The molecule has 5 nitrogen and oxygen atoms in total. The standard InChI is InChI=1S/C18H27N5/c1-13(2)23(14(3)4)11-10-20-17-8-9-21-18(22-17)15-6-5-7-16(19)12-15/h5-9,12-14H,10-11,19H2,1-4H3,(H,20,21,22). The lowest BCUT2D eigenvalue weighted by Crippen LogP contribution is -2.40. The van der Waals surface area contributed by atoms with Crippen LogP contribution in [-0.2, 0) is 0 Å². The Balaban J connectivity index is 2.01. The van der Waals surface area contributed by atoms with Crippen LogP contribution in [-0.4, -0.2) is 40.0 Å². The molecule has 0 aliphatic heterocycles. The van der Waals surface area contributed by atoms with Gasteiger partial charge in [0.2, 0.25) is 0 Å². The van der Waals surface area contributed by atoms with Crippen molar-refractivity contribution in [3.63, 3.8) is 0 Å². The third-order valence-electron chi connectivity index (χ3n) is 3.80. The number of hydrogen-bond acceptors (Lipinski definition) is 5. The molecule has 0 unspecified atom stereocenters. The summed E-state index contributed by atoms with van der Waals surface area (Å²) in [5, 5.41) is 3.39. The predicted molar refractivity (Wildman–Crippen MR) is 97.3 cm³/mol. The third kappa shape index (κ3) is 4.93. The molecule has 5 heteroatoms. The zero-order valence-electron chi connectivity index (χ0n) is 14.5. The van der Waals surface area contributed by atoms with Crippen molar-refractivity contribution in [3.05, 3.63) is 36.5 Å².